The van der Waals surface area contributed by atoms with Crippen molar-refractivity contribution < 1.29 is 9.18 Å². The lowest BCUT2D eigenvalue weighted by Crippen LogP contribution is -2.24. The van der Waals surface area contributed by atoms with E-state index in [-0.39, 0.29) is 23.7 Å². The molecule has 3 aromatic rings. The molecule has 26 heavy (non-hydrogen) atoms. The summed E-state index contributed by atoms with van der Waals surface area (Å²) in [5.41, 5.74) is 3.03. The lowest BCUT2D eigenvalue weighted by molar-refractivity contribution is -0.128. The third kappa shape index (κ3) is 2.98. The Labute approximate surface area is 152 Å². The minimum absolute atomic E-state index is 0.0812. The zero-order valence-electron chi connectivity index (χ0n) is 15.0. The van der Waals surface area contributed by atoms with Crippen molar-refractivity contribution in [1.82, 2.24) is 14.5 Å². The van der Waals surface area contributed by atoms with Gasteiger partial charge in [-0.3, -0.25) is 4.79 Å². The van der Waals surface area contributed by atoms with Crippen molar-refractivity contribution in [3.63, 3.8) is 0 Å². The number of halogens is 1. The first-order valence-corrected chi connectivity index (χ1v) is 9.02. The summed E-state index contributed by atoms with van der Waals surface area (Å²) in [6.07, 6.45) is 0.469. The summed E-state index contributed by atoms with van der Waals surface area (Å²) in [4.78, 5) is 19.2. The molecule has 0 bridgehead atoms. The molecule has 0 saturated carbocycles. The van der Waals surface area contributed by atoms with E-state index in [0.29, 0.717) is 19.5 Å². The van der Waals surface area contributed by atoms with Crippen LogP contribution in [0.4, 0.5) is 4.39 Å². The first-order chi connectivity index (χ1) is 12.5. The molecule has 0 aliphatic carbocycles. The molecule has 0 radical (unpaired) electrons. The molecule has 0 spiro atoms. The summed E-state index contributed by atoms with van der Waals surface area (Å²) in [5, 5.41) is 0. The van der Waals surface area contributed by atoms with E-state index < -0.39 is 0 Å². The predicted molar refractivity (Wildman–Crippen MR) is 99.3 cm³/mol. The van der Waals surface area contributed by atoms with Gasteiger partial charge in [0.15, 0.2) is 0 Å². The molecule has 1 fully saturated rings. The number of benzene rings is 2. The number of amides is 1. The fourth-order valence-corrected chi connectivity index (χ4v) is 3.80. The molecule has 1 saturated heterocycles. The molecule has 0 N–H and O–H groups in total. The molecule has 1 aliphatic heterocycles. The third-order valence-corrected chi connectivity index (χ3v) is 5.01. The van der Waals surface area contributed by atoms with Crippen LogP contribution in [0.2, 0.25) is 0 Å². The molecule has 1 amide bonds. The van der Waals surface area contributed by atoms with Crippen LogP contribution in [-0.4, -0.2) is 26.9 Å². The van der Waals surface area contributed by atoms with Gasteiger partial charge in [0.1, 0.15) is 11.6 Å². The van der Waals surface area contributed by atoms with E-state index in [1.54, 1.807) is 12.1 Å². The highest BCUT2D eigenvalue weighted by Gasteiger charge is 2.34. The predicted octanol–water partition coefficient (Wildman–Crippen LogP) is 4.27. The third-order valence-electron chi connectivity index (χ3n) is 5.01. The first kappa shape index (κ1) is 16.8. The molecule has 134 valence electrons. The highest BCUT2D eigenvalue weighted by molar-refractivity contribution is 5.81. The molecule has 4 nitrogen and oxygen atoms in total. The Hall–Kier alpha value is -2.69. The van der Waals surface area contributed by atoms with E-state index in [0.717, 1.165) is 22.4 Å². The first-order valence-electron chi connectivity index (χ1n) is 9.02. The van der Waals surface area contributed by atoms with Crippen molar-refractivity contribution in [2.45, 2.75) is 38.8 Å². The molecule has 1 aromatic heterocycles. The lowest BCUT2D eigenvalue weighted by atomic mass is 10.1. The van der Waals surface area contributed by atoms with Crippen molar-refractivity contribution in [2.24, 2.45) is 0 Å². The number of nitrogens with zero attached hydrogens (tertiary/aromatic N) is 3. The van der Waals surface area contributed by atoms with Crippen LogP contribution in [-0.2, 0) is 11.3 Å². The van der Waals surface area contributed by atoms with Crippen LogP contribution in [0, 0.1) is 5.82 Å². The van der Waals surface area contributed by atoms with E-state index in [1.807, 2.05) is 23.1 Å². The average Bonchev–Trinajstić information content (AvgIpc) is 3.18. The normalized spacial score (nSPS) is 17.6. The molecule has 1 aliphatic rings. The maximum atomic E-state index is 13.1. The van der Waals surface area contributed by atoms with Gasteiger partial charge in [0.25, 0.3) is 0 Å². The van der Waals surface area contributed by atoms with Crippen molar-refractivity contribution in [1.29, 1.82) is 0 Å². The second-order valence-electron chi connectivity index (χ2n) is 7.22. The Morgan fingerprint density at radius 2 is 1.88 bits per heavy atom. The molecule has 4 rings (SSSR count). The Morgan fingerprint density at radius 3 is 2.62 bits per heavy atom. The zero-order valence-corrected chi connectivity index (χ0v) is 15.0. The standard InChI is InChI=1S/C21H22FN3O/c1-14(2)25-19-6-4-3-5-18(19)23-21(25)16-11-20(26)24(13-16)12-15-7-9-17(22)10-8-15/h3-10,14,16H,11-13H2,1-2H3/t16-/m1/s1. The van der Waals surface area contributed by atoms with Crippen LogP contribution in [0.3, 0.4) is 0 Å². The van der Waals surface area contributed by atoms with Gasteiger partial charge in [-0.15, -0.1) is 0 Å². The number of aromatic nitrogens is 2. The number of para-hydroxylation sites is 2. The topological polar surface area (TPSA) is 38.1 Å². The van der Waals surface area contributed by atoms with Crippen molar-refractivity contribution in [3.8, 4) is 0 Å². The second kappa shape index (κ2) is 6.56. The van der Waals surface area contributed by atoms with Crippen molar-refractivity contribution in [3.05, 3.63) is 65.7 Å². The fourth-order valence-electron chi connectivity index (χ4n) is 3.80. The van der Waals surface area contributed by atoms with E-state index in [2.05, 4.69) is 24.5 Å². The van der Waals surface area contributed by atoms with Crippen LogP contribution in [0.5, 0.6) is 0 Å². The molecule has 1 atom stereocenters. The van der Waals surface area contributed by atoms with Gasteiger partial charge < -0.3 is 9.47 Å². The minimum Gasteiger partial charge on any atom is -0.338 e. The number of carbonyl (C=O) groups is 1. The van der Waals surface area contributed by atoms with Crippen molar-refractivity contribution >= 4 is 16.9 Å². The Morgan fingerprint density at radius 1 is 1.15 bits per heavy atom. The quantitative estimate of drug-likeness (QED) is 0.704. The SMILES string of the molecule is CC(C)n1c([C@@H]2CC(=O)N(Cc3ccc(F)cc3)C2)nc2ccccc21. The highest BCUT2D eigenvalue weighted by Crippen LogP contribution is 2.33. The molecular formula is C21H22FN3O. The number of hydrogen-bond acceptors (Lipinski definition) is 2. The van der Waals surface area contributed by atoms with Crippen LogP contribution in [0.1, 0.15) is 43.6 Å². The summed E-state index contributed by atoms with van der Waals surface area (Å²) in [5.74, 6) is 0.931. The Bertz CT molecular complexity index is 946. The summed E-state index contributed by atoms with van der Waals surface area (Å²) >= 11 is 0. The van der Waals surface area contributed by atoms with Crippen LogP contribution < -0.4 is 0 Å². The minimum atomic E-state index is -0.259. The molecular weight excluding hydrogens is 329 g/mol. The maximum absolute atomic E-state index is 13.1. The fraction of sp³-hybridized carbons (Fsp3) is 0.333. The number of hydrogen-bond donors (Lipinski definition) is 0. The summed E-state index contributed by atoms with van der Waals surface area (Å²) in [7, 11) is 0. The molecule has 2 aromatic carbocycles. The van der Waals surface area contributed by atoms with Crippen LogP contribution >= 0.6 is 0 Å². The zero-order chi connectivity index (χ0) is 18.3. The molecule has 2 heterocycles. The van der Waals surface area contributed by atoms with Gasteiger partial charge in [0, 0.05) is 31.5 Å². The van der Waals surface area contributed by atoms with E-state index in [9.17, 15) is 9.18 Å². The van der Waals surface area contributed by atoms with Gasteiger partial charge in [-0.1, -0.05) is 24.3 Å². The highest BCUT2D eigenvalue weighted by atomic mass is 19.1. The van der Waals surface area contributed by atoms with Crippen LogP contribution in [0.15, 0.2) is 48.5 Å². The smallest absolute Gasteiger partial charge is 0.223 e. The monoisotopic (exact) mass is 351 g/mol. The van der Waals surface area contributed by atoms with Gasteiger partial charge in [-0.05, 0) is 43.7 Å². The lowest BCUT2D eigenvalue weighted by Gasteiger charge is -2.19. The average molecular weight is 351 g/mol. The van der Waals surface area contributed by atoms with Gasteiger partial charge in [0.05, 0.1) is 11.0 Å². The number of likely N-dealkylation sites (tertiary alicyclic amines) is 1. The Balaban J connectivity index is 1.61. The Kier molecular flexibility index (Phi) is 4.23. The largest absolute Gasteiger partial charge is 0.338 e. The molecule has 5 heteroatoms. The van der Waals surface area contributed by atoms with Crippen molar-refractivity contribution in [2.75, 3.05) is 6.54 Å². The number of carbonyl (C=O) groups excluding carboxylic acids is 1. The summed E-state index contributed by atoms with van der Waals surface area (Å²) < 4.78 is 15.3. The summed E-state index contributed by atoms with van der Waals surface area (Å²) in [6, 6.07) is 14.7. The van der Waals surface area contributed by atoms with Gasteiger partial charge >= 0.3 is 0 Å². The second-order valence-corrected chi connectivity index (χ2v) is 7.22. The van der Waals surface area contributed by atoms with E-state index >= 15 is 0 Å². The maximum Gasteiger partial charge on any atom is 0.223 e. The summed E-state index contributed by atoms with van der Waals surface area (Å²) in [6.45, 7) is 5.44. The van der Waals surface area contributed by atoms with Gasteiger partial charge in [-0.25, -0.2) is 9.37 Å². The van der Waals surface area contributed by atoms with Crippen LogP contribution in [0.25, 0.3) is 11.0 Å². The molecule has 0 unspecified atom stereocenters. The van der Waals surface area contributed by atoms with E-state index in [4.69, 9.17) is 4.98 Å². The van der Waals surface area contributed by atoms with Gasteiger partial charge in [0.2, 0.25) is 5.91 Å². The number of rotatable bonds is 4. The van der Waals surface area contributed by atoms with Gasteiger partial charge in [-0.2, -0.15) is 0 Å². The van der Waals surface area contributed by atoms with E-state index in [1.165, 1.54) is 12.1 Å². The number of imidazole rings is 1. The number of fused-ring (bicyclic) bond motifs is 1.